The Bertz CT molecular complexity index is 1610. The average Bonchev–Trinajstić information content (AvgIpc) is 3.32. The maximum atomic E-state index is 12.9. The standard InChI is InChI=1S/C32H25N3O2S/c36-30-21-38-32(35(30)20-22-8-2-1-3-9-22)24-16-14-23(15-17-24)31(37)34-33-19-29-27-12-6-4-10-25(27)18-26-11-5-7-13-28(26)29/h1-19,32H,20-21H2,(H,34,37). The SMILES string of the molecule is O=C(NN=Cc1c2ccccc2cc2ccccc12)c1ccc(C2SCC(=O)N2Cc2ccccc2)cc1. The molecule has 0 aromatic heterocycles. The molecule has 0 spiro atoms. The Morgan fingerprint density at radius 3 is 2.18 bits per heavy atom. The minimum Gasteiger partial charge on any atom is -0.322 e. The van der Waals surface area contributed by atoms with Crippen LogP contribution in [-0.2, 0) is 11.3 Å². The first-order chi connectivity index (χ1) is 18.7. The van der Waals surface area contributed by atoms with Crippen molar-refractivity contribution < 1.29 is 9.59 Å². The summed E-state index contributed by atoms with van der Waals surface area (Å²) in [6.45, 7) is 0.567. The molecule has 0 saturated carbocycles. The van der Waals surface area contributed by atoms with E-state index in [1.165, 1.54) is 0 Å². The third kappa shape index (κ3) is 4.78. The predicted octanol–water partition coefficient (Wildman–Crippen LogP) is 6.53. The van der Waals surface area contributed by atoms with Crippen LogP contribution in [0.4, 0.5) is 0 Å². The first-order valence-electron chi connectivity index (χ1n) is 12.5. The van der Waals surface area contributed by atoms with Gasteiger partial charge >= 0.3 is 0 Å². The second kappa shape index (κ2) is 10.5. The molecule has 38 heavy (non-hydrogen) atoms. The van der Waals surface area contributed by atoms with Crippen LogP contribution < -0.4 is 5.43 Å². The van der Waals surface area contributed by atoms with E-state index >= 15 is 0 Å². The zero-order valence-corrected chi connectivity index (χ0v) is 21.4. The molecule has 1 N–H and O–H groups in total. The average molecular weight is 516 g/mol. The molecule has 5 aromatic carbocycles. The molecule has 186 valence electrons. The minimum atomic E-state index is -0.284. The van der Waals surface area contributed by atoms with Crippen LogP contribution in [0.3, 0.4) is 0 Å². The number of carbonyl (C=O) groups is 2. The Morgan fingerprint density at radius 2 is 1.50 bits per heavy atom. The van der Waals surface area contributed by atoms with Gasteiger partial charge in [0.25, 0.3) is 5.91 Å². The van der Waals surface area contributed by atoms with Gasteiger partial charge in [-0.05, 0) is 50.9 Å². The fraction of sp³-hybridized carbons (Fsp3) is 0.0938. The maximum Gasteiger partial charge on any atom is 0.271 e. The Morgan fingerprint density at radius 1 is 0.868 bits per heavy atom. The summed E-state index contributed by atoms with van der Waals surface area (Å²) in [5, 5.41) is 8.64. The molecule has 1 fully saturated rings. The summed E-state index contributed by atoms with van der Waals surface area (Å²) in [6, 6.07) is 35.9. The summed E-state index contributed by atoms with van der Waals surface area (Å²) in [7, 11) is 0. The van der Waals surface area contributed by atoms with E-state index in [9.17, 15) is 9.59 Å². The number of rotatable bonds is 6. The van der Waals surface area contributed by atoms with Crippen LogP contribution >= 0.6 is 11.8 Å². The van der Waals surface area contributed by atoms with Gasteiger partial charge in [-0.25, -0.2) is 5.43 Å². The van der Waals surface area contributed by atoms with E-state index in [-0.39, 0.29) is 17.2 Å². The van der Waals surface area contributed by atoms with Gasteiger partial charge in [-0.3, -0.25) is 9.59 Å². The van der Waals surface area contributed by atoms with Crippen LogP contribution in [-0.4, -0.2) is 28.7 Å². The van der Waals surface area contributed by atoms with Crippen molar-refractivity contribution in [3.8, 4) is 0 Å². The Balaban J connectivity index is 1.18. The van der Waals surface area contributed by atoms with E-state index in [0.29, 0.717) is 17.9 Å². The highest BCUT2D eigenvalue weighted by Gasteiger charge is 2.32. The Kier molecular flexibility index (Phi) is 6.63. The van der Waals surface area contributed by atoms with Gasteiger partial charge in [0, 0.05) is 17.7 Å². The quantitative estimate of drug-likeness (QED) is 0.159. The number of fused-ring (bicyclic) bond motifs is 2. The molecule has 1 saturated heterocycles. The summed E-state index contributed by atoms with van der Waals surface area (Å²) in [4.78, 5) is 27.3. The lowest BCUT2D eigenvalue weighted by molar-refractivity contribution is -0.128. The largest absolute Gasteiger partial charge is 0.322 e. The second-order valence-electron chi connectivity index (χ2n) is 9.22. The van der Waals surface area contributed by atoms with E-state index in [1.807, 2.05) is 71.6 Å². The number of thioether (sulfide) groups is 1. The van der Waals surface area contributed by atoms with Crippen molar-refractivity contribution in [3.63, 3.8) is 0 Å². The number of hydrogen-bond acceptors (Lipinski definition) is 4. The molecule has 5 aromatic rings. The van der Waals surface area contributed by atoms with Crippen molar-refractivity contribution in [3.05, 3.63) is 131 Å². The first kappa shape index (κ1) is 23.9. The van der Waals surface area contributed by atoms with Crippen molar-refractivity contribution in [1.82, 2.24) is 10.3 Å². The van der Waals surface area contributed by atoms with Gasteiger partial charge in [-0.1, -0.05) is 91.0 Å². The van der Waals surface area contributed by atoms with Crippen molar-refractivity contribution in [1.29, 1.82) is 0 Å². The molecule has 6 rings (SSSR count). The van der Waals surface area contributed by atoms with Gasteiger partial charge in [0.1, 0.15) is 5.37 Å². The lowest BCUT2D eigenvalue weighted by atomic mass is 9.97. The minimum absolute atomic E-state index is 0.0718. The maximum absolute atomic E-state index is 12.9. The van der Waals surface area contributed by atoms with Gasteiger partial charge in [-0.2, -0.15) is 5.10 Å². The van der Waals surface area contributed by atoms with Crippen molar-refractivity contribution >= 4 is 51.3 Å². The van der Waals surface area contributed by atoms with Crippen LogP contribution in [0.1, 0.15) is 32.4 Å². The summed E-state index contributed by atoms with van der Waals surface area (Å²) in [5.74, 6) is 0.298. The molecule has 1 unspecified atom stereocenters. The van der Waals surface area contributed by atoms with Gasteiger partial charge in [0.2, 0.25) is 5.91 Å². The zero-order valence-electron chi connectivity index (χ0n) is 20.6. The number of hydrazone groups is 1. The number of amides is 2. The number of benzene rings is 5. The van der Waals surface area contributed by atoms with Crippen molar-refractivity contribution in [2.45, 2.75) is 11.9 Å². The Hall–Kier alpha value is -4.42. The highest BCUT2D eigenvalue weighted by molar-refractivity contribution is 8.00. The molecule has 0 bridgehead atoms. The normalized spacial score (nSPS) is 15.5. The number of nitrogens with one attached hydrogen (secondary N) is 1. The third-order valence-corrected chi connectivity index (χ3v) is 8.05. The second-order valence-corrected chi connectivity index (χ2v) is 10.3. The van der Waals surface area contributed by atoms with E-state index in [2.05, 4.69) is 40.9 Å². The molecular formula is C32H25N3O2S. The molecule has 5 nitrogen and oxygen atoms in total. The van der Waals surface area contributed by atoms with Gasteiger partial charge in [0.15, 0.2) is 0 Å². The van der Waals surface area contributed by atoms with Crippen molar-refractivity contribution in [2.24, 2.45) is 5.10 Å². The van der Waals surface area contributed by atoms with Crippen LogP contribution in [0.2, 0.25) is 0 Å². The monoisotopic (exact) mass is 515 g/mol. The summed E-state index contributed by atoms with van der Waals surface area (Å²) < 4.78 is 0. The number of hydrogen-bond donors (Lipinski definition) is 1. The van der Waals surface area contributed by atoms with E-state index in [4.69, 9.17) is 0 Å². The van der Waals surface area contributed by atoms with Gasteiger partial charge in [-0.15, -0.1) is 11.8 Å². The van der Waals surface area contributed by atoms with E-state index in [1.54, 1.807) is 30.1 Å². The van der Waals surface area contributed by atoms with Gasteiger partial charge in [0.05, 0.1) is 12.0 Å². The molecule has 2 amide bonds. The van der Waals surface area contributed by atoms with Crippen LogP contribution in [0.5, 0.6) is 0 Å². The fourth-order valence-corrected chi connectivity index (χ4v) is 6.08. The van der Waals surface area contributed by atoms with Crippen molar-refractivity contribution in [2.75, 3.05) is 5.75 Å². The molecule has 1 aliphatic heterocycles. The molecule has 1 atom stereocenters. The number of carbonyl (C=O) groups excluding carboxylic acids is 2. The van der Waals surface area contributed by atoms with Gasteiger partial charge < -0.3 is 4.90 Å². The summed E-state index contributed by atoms with van der Waals surface area (Å²) in [5.41, 5.74) is 6.25. The lowest BCUT2D eigenvalue weighted by Crippen LogP contribution is -2.27. The molecule has 6 heteroatoms. The predicted molar refractivity (Wildman–Crippen MR) is 155 cm³/mol. The summed E-state index contributed by atoms with van der Waals surface area (Å²) in [6.07, 6.45) is 1.72. The summed E-state index contributed by atoms with van der Waals surface area (Å²) >= 11 is 1.61. The van der Waals surface area contributed by atoms with Crippen LogP contribution in [0.15, 0.2) is 114 Å². The topological polar surface area (TPSA) is 61.8 Å². The van der Waals surface area contributed by atoms with Crippen LogP contribution in [0, 0.1) is 0 Å². The highest BCUT2D eigenvalue weighted by Crippen LogP contribution is 2.39. The zero-order chi connectivity index (χ0) is 25.9. The molecule has 1 heterocycles. The number of nitrogens with zero attached hydrogens (tertiary/aromatic N) is 2. The fourth-order valence-electron chi connectivity index (χ4n) is 4.89. The lowest BCUT2D eigenvalue weighted by Gasteiger charge is -2.24. The smallest absolute Gasteiger partial charge is 0.271 e. The third-order valence-electron chi connectivity index (χ3n) is 6.79. The molecule has 0 radical (unpaired) electrons. The first-order valence-corrected chi connectivity index (χ1v) is 13.5. The van der Waals surface area contributed by atoms with E-state index in [0.717, 1.165) is 38.2 Å². The molecule has 1 aliphatic rings. The van der Waals surface area contributed by atoms with Crippen LogP contribution in [0.25, 0.3) is 21.5 Å². The highest BCUT2D eigenvalue weighted by atomic mass is 32.2. The molecule has 0 aliphatic carbocycles. The molecular weight excluding hydrogens is 490 g/mol. The Labute approximate surface area is 225 Å². The van der Waals surface area contributed by atoms with E-state index < -0.39 is 0 Å².